The number of anilines is 2. The van der Waals surface area contributed by atoms with Crippen LogP contribution in [0, 0.1) is 0 Å². The van der Waals surface area contributed by atoms with E-state index in [-0.39, 0.29) is 5.92 Å². The van der Waals surface area contributed by atoms with Crippen LogP contribution in [0.5, 0.6) is 0 Å². The average molecular weight is 271 g/mol. The van der Waals surface area contributed by atoms with E-state index in [4.69, 9.17) is 5.73 Å². The van der Waals surface area contributed by atoms with Crippen molar-refractivity contribution in [2.75, 3.05) is 17.2 Å². The number of nitrogen functional groups attached to an aromatic ring is 1. The van der Waals surface area contributed by atoms with Gasteiger partial charge in [-0.3, -0.25) is 4.98 Å². The monoisotopic (exact) mass is 271 g/mol. The SMILES string of the molecule is CCN(Cc1ccncc1)c1ncnc(N)c1C(C)C. The van der Waals surface area contributed by atoms with Gasteiger partial charge in [0, 0.05) is 31.0 Å². The fourth-order valence-electron chi connectivity index (χ4n) is 2.25. The largest absolute Gasteiger partial charge is 0.383 e. The lowest BCUT2D eigenvalue weighted by Crippen LogP contribution is -2.25. The number of rotatable bonds is 5. The molecule has 0 atom stereocenters. The first kappa shape index (κ1) is 14.2. The van der Waals surface area contributed by atoms with Crippen molar-refractivity contribution in [2.24, 2.45) is 0 Å². The summed E-state index contributed by atoms with van der Waals surface area (Å²) >= 11 is 0. The van der Waals surface area contributed by atoms with E-state index >= 15 is 0 Å². The molecule has 0 saturated heterocycles. The molecule has 2 aromatic rings. The molecule has 0 fully saturated rings. The third kappa shape index (κ3) is 3.04. The van der Waals surface area contributed by atoms with Gasteiger partial charge in [0.2, 0.25) is 0 Å². The van der Waals surface area contributed by atoms with E-state index in [2.05, 4.69) is 40.6 Å². The molecule has 0 unspecified atom stereocenters. The van der Waals surface area contributed by atoms with Gasteiger partial charge in [-0.05, 0) is 30.5 Å². The smallest absolute Gasteiger partial charge is 0.137 e. The van der Waals surface area contributed by atoms with Crippen LogP contribution >= 0.6 is 0 Å². The summed E-state index contributed by atoms with van der Waals surface area (Å²) in [6.07, 6.45) is 5.15. The van der Waals surface area contributed by atoms with Crippen molar-refractivity contribution in [3.63, 3.8) is 0 Å². The van der Waals surface area contributed by atoms with Crippen LogP contribution in [0.25, 0.3) is 0 Å². The second-order valence-electron chi connectivity index (χ2n) is 5.02. The molecule has 5 heteroatoms. The minimum absolute atomic E-state index is 0.290. The Morgan fingerprint density at radius 2 is 1.90 bits per heavy atom. The first-order valence-corrected chi connectivity index (χ1v) is 6.87. The average Bonchev–Trinajstić information content (AvgIpc) is 2.45. The van der Waals surface area contributed by atoms with Crippen LogP contribution < -0.4 is 10.6 Å². The van der Waals surface area contributed by atoms with E-state index in [0.29, 0.717) is 5.82 Å². The van der Waals surface area contributed by atoms with Gasteiger partial charge >= 0.3 is 0 Å². The molecule has 0 aromatic carbocycles. The summed E-state index contributed by atoms with van der Waals surface area (Å²) in [6, 6.07) is 4.03. The molecule has 106 valence electrons. The van der Waals surface area contributed by atoms with Crippen LogP contribution in [0.1, 0.15) is 37.8 Å². The number of aromatic nitrogens is 3. The highest BCUT2D eigenvalue weighted by Crippen LogP contribution is 2.29. The highest BCUT2D eigenvalue weighted by atomic mass is 15.2. The molecule has 0 aliphatic heterocycles. The van der Waals surface area contributed by atoms with Crippen molar-refractivity contribution in [3.8, 4) is 0 Å². The maximum absolute atomic E-state index is 6.02. The molecular formula is C15H21N5. The molecule has 0 aliphatic rings. The Balaban J connectivity index is 2.35. The van der Waals surface area contributed by atoms with E-state index in [0.717, 1.165) is 24.5 Å². The van der Waals surface area contributed by atoms with Crippen molar-refractivity contribution in [1.29, 1.82) is 0 Å². The van der Waals surface area contributed by atoms with Gasteiger partial charge in [0.25, 0.3) is 0 Å². The Bertz CT molecular complexity index is 553. The minimum atomic E-state index is 0.290. The van der Waals surface area contributed by atoms with Gasteiger partial charge in [-0.25, -0.2) is 9.97 Å². The van der Waals surface area contributed by atoms with Gasteiger partial charge < -0.3 is 10.6 Å². The maximum Gasteiger partial charge on any atom is 0.137 e. The highest BCUT2D eigenvalue weighted by Gasteiger charge is 2.17. The first-order chi connectivity index (χ1) is 9.63. The molecule has 0 bridgehead atoms. The molecule has 0 spiro atoms. The highest BCUT2D eigenvalue weighted by molar-refractivity contribution is 5.58. The van der Waals surface area contributed by atoms with Crippen LogP contribution in [0.4, 0.5) is 11.6 Å². The van der Waals surface area contributed by atoms with Gasteiger partial charge in [-0.2, -0.15) is 0 Å². The third-order valence-electron chi connectivity index (χ3n) is 3.28. The molecule has 2 rings (SSSR count). The Morgan fingerprint density at radius 3 is 2.50 bits per heavy atom. The second kappa shape index (κ2) is 6.32. The Kier molecular flexibility index (Phi) is 4.50. The Morgan fingerprint density at radius 1 is 1.20 bits per heavy atom. The zero-order valence-corrected chi connectivity index (χ0v) is 12.2. The van der Waals surface area contributed by atoms with Crippen molar-refractivity contribution < 1.29 is 0 Å². The molecule has 0 aliphatic carbocycles. The van der Waals surface area contributed by atoms with Crippen LogP contribution in [0.2, 0.25) is 0 Å². The van der Waals surface area contributed by atoms with Crippen LogP contribution in [0.15, 0.2) is 30.9 Å². The predicted molar refractivity (Wildman–Crippen MR) is 81.5 cm³/mol. The van der Waals surface area contributed by atoms with E-state index in [9.17, 15) is 0 Å². The number of nitrogens with two attached hydrogens (primary N) is 1. The summed E-state index contributed by atoms with van der Waals surface area (Å²) in [6.45, 7) is 7.98. The summed E-state index contributed by atoms with van der Waals surface area (Å²) in [4.78, 5) is 14.8. The molecule has 2 aromatic heterocycles. The minimum Gasteiger partial charge on any atom is -0.383 e. The van der Waals surface area contributed by atoms with Gasteiger partial charge in [-0.15, -0.1) is 0 Å². The normalized spacial score (nSPS) is 10.8. The van der Waals surface area contributed by atoms with Crippen molar-refractivity contribution in [2.45, 2.75) is 33.2 Å². The Labute approximate surface area is 119 Å². The van der Waals surface area contributed by atoms with Crippen molar-refractivity contribution in [1.82, 2.24) is 15.0 Å². The number of hydrogen-bond donors (Lipinski definition) is 1. The van der Waals surface area contributed by atoms with Gasteiger partial charge in [-0.1, -0.05) is 13.8 Å². The van der Waals surface area contributed by atoms with Crippen LogP contribution in [-0.4, -0.2) is 21.5 Å². The van der Waals surface area contributed by atoms with E-state index < -0.39 is 0 Å². The van der Waals surface area contributed by atoms with Gasteiger partial charge in [0.05, 0.1) is 0 Å². The first-order valence-electron chi connectivity index (χ1n) is 6.87. The number of nitrogens with zero attached hydrogens (tertiary/aromatic N) is 4. The summed E-state index contributed by atoms with van der Waals surface area (Å²) in [5, 5.41) is 0. The quantitative estimate of drug-likeness (QED) is 0.905. The standard InChI is InChI=1S/C15H21N5/c1-4-20(9-12-5-7-17-8-6-12)15-13(11(2)3)14(16)18-10-19-15/h5-8,10-11H,4,9H2,1-3H3,(H2,16,18,19). The fourth-order valence-corrected chi connectivity index (χ4v) is 2.25. The zero-order chi connectivity index (χ0) is 14.5. The number of hydrogen-bond acceptors (Lipinski definition) is 5. The topological polar surface area (TPSA) is 67.9 Å². The maximum atomic E-state index is 6.02. The predicted octanol–water partition coefficient (Wildman–Crippen LogP) is 2.60. The molecular weight excluding hydrogens is 250 g/mol. The lowest BCUT2D eigenvalue weighted by atomic mass is 10.0. The summed E-state index contributed by atoms with van der Waals surface area (Å²) in [5.41, 5.74) is 8.24. The molecule has 5 nitrogen and oxygen atoms in total. The number of pyridine rings is 1. The molecule has 2 heterocycles. The second-order valence-corrected chi connectivity index (χ2v) is 5.02. The van der Waals surface area contributed by atoms with E-state index in [1.54, 1.807) is 12.4 Å². The van der Waals surface area contributed by atoms with Gasteiger partial charge in [0.1, 0.15) is 18.0 Å². The molecule has 0 radical (unpaired) electrons. The molecule has 20 heavy (non-hydrogen) atoms. The summed E-state index contributed by atoms with van der Waals surface area (Å²) in [7, 11) is 0. The molecule has 0 saturated carbocycles. The zero-order valence-electron chi connectivity index (χ0n) is 12.2. The molecule has 2 N–H and O–H groups in total. The van der Waals surface area contributed by atoms with E-state index in [1.165, 1.54) is 11.9 Å². The lowest BCUT2D eigenvalue weighted by Gasteiger charge is -2.26. The van der Waals surface area contributed by atoms with E-state index in [1.807, 2.05) is 12.1 Å². The van der Waals surface area contributed by atoms with Crippen molar-refractivity contribution >= 4 is 11.6 Å². The van der Waals surface area contributed by atoms with Gasteiger partial charge in [0.15, 0.2) is 0 Å². The third-order valence-corrected chi connectivity index (χ3v) is 3.28. The summed E-state index contributed by atoms with van der Waals surface area (Å²) < 4.78 is 0. The van der Waals surface area contributed by atoms with Crippen molar-refractivity contribution in [3.05, 3.63) is 42.0 Å². The fraction of sp³-hybridized carbons (Fsp3) is 0.400. The van der Waals surface area contributed by atoms with Crippen LogP contribution in [-0.2, 0) is 6.54 Å². The Hall–Kier alpha value is -2.17. The lowest BCUT2D eigenvalue weighted by molar-refractivity contribution is 0.772. The summed E-state index contributed by atoms with van der Waals surface area (Å²) in [5.74, 6) is 1.78. The van der Waals surface area contributed by atoms with Crippen LogP contribution in [0.3, 0.4) is 0 Å². The molecule has 0 amide bonds.